The predicted molar refractivity (Wildman–Crippen MR) is 71.6 cm³/mol. The second-order valence-electron chi connectivity index (χ2n) is 4.76. The summed E-state index contributed by atoms with van der Waals surface area (Å²) in [6.07, 6.45) is 3.84. The number of rotatable bonds is 6. The lowest BCUT2D eigenvalue weighted by Gasteiger charge is -2.15. The van der Waals surface area contributed by atoms with Crippen molar-refractivity contribution in [1.82, 2.24) is 5.32 Å². The molecule has 0 aliphatic rings. The van der Waals surface area contributed by atoms with Crippen LogP contribution < -0.4 is 5.32 Å². The molecule has 0 bridgehead atoms. The molecular formula is C15H21F2N. The standard InChI is InChI=1S/C15H21F2N/c1-4-7-18-13(8-11(2)3)9-12-5-6-14(16)15(17)10-12/h5-6,8,10,13,18H,4,7,9H2,1-3H3. The zero-order valence-corrected chi connectivity index (χ0v) is 11.3. The van der Waals surface area contributed by atoms with E-state index in [0.717, 1.165) is 18.5 Å². The molecule has 0 aliphatic heterocycles. The highest BCUT2D eigenvalue weighted by Crippen LogP contribution is 2.11. The van der Waals surface area contributed by atoms with Gasteiger partial charge < -0.3 is 5.32 Å². The lowest BCUT2D eigenvalue weighted by Crippen LogP contribution is -2.30. The van der Waals surface area contributed by atoms with E-state index in [0.29, 0.717) is 6.42 Å². The zero-order valence-electron chi connectivity index (χ0n) is 11.3. The lowest BCUT2D eigenvalue weighted by molar-refractivity contribution is 0.505. The van der Waals surface area contributed by atoms with Crippen molar-refractivity contribution in [1.29, 1.82) is 0 Å². The Morgan fingerprint density at radius 1 is 1.28 bits per heavy atom. The van der Waals surface area contributed by atoms with Crippen LogP contribution in [0.15, 0.2) is 29.8 Å². The minimum absolute atomic E-state index is 0.166. The first-order valence-corrected chi connectivity index (χ1v) is 6.35. The van der Waals surface area contributed by atoms with Crippen molar-refractivity contribution >= 4 is 0 Å². The Morgan fingerprint density at radius 3 is 2.56 bits per heavy atom. The quantitative estimate of drug-likeness (QED) is 0.759. The molecule has 1 aromatic carbocycles. The van der Waals surface area contributed by atoms with Gasteiger partial charge in [0.2, 0.25) is 0 Å². The van der Waals surface area contributed by atoms with Gasteiger partial charge in [-0.2, -0.15) is 0 Å². The molecule has 0 saturated heterocycles. The van der Waals surface area contributed by atoms with Crippen LogP contribution in [0.1, 0.15) is 32.8 Å². The van der Waals surface area contributed by atoms with E-state index >= 15 is 0 Å². The largest absolute Gasteiger partial charge is 0.310 e. The van der Waals surface area contributed by atoms with Gasteiger partial charge in [0.25, 0.3) is 0 Å². The van der Waals surface area contributed by atoms with Crippen LogP contribution in [0.3, 0.4) is 0 Å². The van der Waals surface area contributed by atoms with Crippen molar-refractivity contribution in [3.8, 4) is 0 Å². The highest BCUT2D eigenvalue weighted by Gasteiger charge is 2.08. The van der Waals surface area contributed by atoms with E-state index in [1.54, 1.807) is 6.07 Å². The van der Waals surface area contributed by atoms with Gasteiger partial charge in [-0.25, -0.2) is 8.78 Å². The monoisotopic (exact) mass is 253 g/mol. The van der Waals surface area contributed by atoms with Gasteiger partial charge in [0, 0.05) is 6.04 Å². The molecule has 0 radical (unpaired) electrons. The molecule has 1 nitrogen and oxygen atoms in total. The Kier molecular flexibility index (Phi) is 5.99. The number of benzene rings is 1. The topological polar surface area (TPSA) is 12.0 Å². The molecule has 1 rings (SSSR count). The second kappa shape index (κ2) is 7.27. The van der Waals surface area contributed by atoms with Gasteiger partial charge >= 0.3 is 0 Å². The molecule has 0 amide bonds. The van der Waals surface area contributed by atoms with Gasteiger partial charge in [-0.3, -0.25) is 0 Å². The molecule has 1 aromatic rings. The Morgan fingerprint density at radius 2 is 2.00 bits per heavy atom. The highest BCUT2D eigenvalue weighted by atomic mass is 19.2. The second-order valence-corrected chi connectivity index (χ2v) is 4.76. The average molecular weight is 253 g/mol. The fraction of sp³-hybridized carbons (Fsp3) is 0.467. The van der Waals surface area contributed by atoms with E-state index in [-0.39, 0.29) is 6.04 Å². The van der Waals surface area contributed by atoms with Gasteiger partial charge in [0.15, 0.2) is 11.6 Å². The highest BCUT2D eigenvalue weighted by molar-refractivity contribution is 5.20. The molecule has 0 heterocycles. The van der Waals surface area contributed by atoms with Gasteiger partial charge in [-0.1, -0.05) is 24.6 Å². The van der Waals surface area contributed by atoms with Crippen LogP contribution >= 0.6 is 0 Å². The molecule has 3 heteroatoms. The normalized spacial score (nSPS) is 12.3. The van der Waals surface area contributed by atoms with Gasteiger partial charge in [0.05, 0.1) is 0 Å². The summed E-state index contributed by atoms with van der Waals surface area (Å²) in [6, 6.07) is 4.26. The SMILES string of the molecule is CCCNC(C=C(C)C)Cc1ccc(F)c(F)c1. The third-order valence-electron chi connectivity index (χ3n) is 2.63. The summed E-state index contributed by atoms with van der Waals surface area (Å²) in [5.74, 6) is -1.57. The average Bonchev–Trinajstić information content (AvgIpc) is 2.30. The van der Waals surface area contributed by atoms with Crippen molar-refractivity contribution in [3.63, 3.8) is 0 Å². The van der Waals surface area contributed by atoms with E-state index in [1.807, 2.05) is 13.8 Å². The minimum Gasteiger partial charge on any atom is -0.310 e. The maximum atomic E-state index is 13.1. The van der Waals surface area contributed by atoms with Crippen LogP contribution in [0.4, 0.5) is 8.78 Å². The van der Waals surface area contributed by atoms with Gasteiger partial charge in [0.1, 0.15) is 0 Å². The molecule has 0 fully saturated rings. The van der Waals surface area contributed by atoms with Crippen LogP contribution in [0, 0.1) is 11.6 Å². The Labute approximate surface area is 108 Å². The lowest BCUT2D eigenvalue weighted by atomic mass is 10.0. The third-order valence-corrected chi connectivity index (χ3v) is 2.63. The number of nitrogens with one attached hydrogen (secondary N) is 1. The Hall–Kier alpha value is -1.22. The first kappa shape index (κ1) is 14.8. The van der Waals surface area contributed by atoms with Crippen molar-refractivity contribution < 1.29 is 8.78 Å². The first-order valence-electron chi connectivity index (χ1n) is 6.35. The smallest absolute Gasteiger partial charge is 0.159 e. The summed E-state index contributed by atoms with van der Waals surface area (Å²) in [5.41, 5.74) is 2.02. The van der Waals surface area contributed by atoms with Crippen molar-refractivity contribution in [3.05, 3.63) is 47.0 Å². The molecule has 0 saturated carbocycles. The number of allylic oxidation sites excluding steroid dienone is 1. The maximum Gasteiger partial charge on any atom is 0.159 e. The van der Waals surface area contributed by atoms with Crippen molar-refractivity contribution in [2.24, 2.45) is 0 Å². The number of hydrogen-bond donors (Lipinski definition) is 1. The summed E-state index contributed by atoms with van der Waals surface area (Å²) in [5, 5.41) is 3.39. The van der Waals surface area contributed by atoms with Crippen LogP contribution in [0.25, 0.3) is 0 Å². The molecule has 100 valence electrons. The van der Waals surface area contributed by atoms with E-state index in [1.165, 1.54) is 17.7 Å². The van der Waals surface area contributed by atoms with E-state index < -0.39 is 11.6 Å². The summed E-state index contributed by atoms with van der Waals surface area (Å²) >= 11 is 0. The van der Waals surface area contributed by atoms with E-state index in [2.05, 4.69) is 18.3 Å². The molecule has 1 N–H and O–H groups in total. The summed E-state index contributed by atoms with van der Waals surface area (Å²) in [4.78, 5) is 0. The van der Waals surface area contributed by atoms with Crippen LogP contribution in [0.2, 0.25) is 0 Å². The minimum atomic E-state index is -0.793. The van der Waals surface area contributed by atoms with Gasteiger partial charge in [-0.05, 0) is 50.9 Å². The molecule has 0 aliphatic carbocycles. The molecule has 18 heavy (non-hydrogen) atoms. The third kappa shape index (κ3) is 4.96. The fourth-order valence-corrected chi connectivity index (χ4v) is 1.84. The summed E-state index contributed by atoms with van der Waals surface area (Å²) in [6.45, 7) is 7.08. The fourth-order valence-electron chi connectivity index (χ4n) is 1.84. The van der Waals surface area contributed by atoms with Crippen LogP contribution in [0.5, 0.6) is 0 Å². The Balaban J connectivity index is 2.75. The maximum absolute atomic E-state index is 13.1. The van der Waals surface area contributed by atoms with Crippen molar-refractivity contribution in [2.45, 2.75) is 39.7 Å². The molecule has 0 spiro atoms. The predicted octanol–water partition coefficient (Wildman–Crippen LogP) is 3.84. The zero-order chi connectivity index (χ0) is 13.5. The van der Waals surface area contributed by atoms with E-state index in [9.17, 15) is 8.78 Å². The molecule has 1 unspecified atom stereocenters. The summed E-state index contributed by atoms with van der Waals surface area (Å²) in [7, 11) is 0. The van der Waals surface area contributed by atoms with E-state index in [4.69, 9.17) is 0 Å². The van der Waals surface area contributed by atoms with Crippen LogP contribution in [-0.2, 0) is 6.42 Å². The van der Waals surface area contributed by atoms with Crippen LogP contribution in [-0.4, -0.2) is 12.6 Å². The number of halogens is 2. The first-order chi connectivity index (χ1) is 8.52. The number of hydrogen-bond acceptors (Lipinski definition) is 1. The Bertz CT molecular complexity index is 409. The summed E-state index contributed by atoms with van der Waals surface area (Å²) < 4.78 is 26.0. The molecule has 0 aromatic heterocycles. The van der Waals surface area contributed by atoms with Crippen molar-refractivity contribution in [2.75, 3.05) is 6.54 Å². The molecular weight excluding hydrogens is 232 g/mol. The van der Waals surface area contributed by atoms with Gasteiger partial charge in [-0.15, -0.1) is 0 Å². The molecule has 1 atom stereocenters.